The van der Waals surface area contributed by atoms with Gasteiger partial charge in [0.25, 0.3) is 0 Å². The van der Waals surface area contributed by atoms with Crippen molar-refractivity contribution in [2.45, 2.75) is 71.4 Å². The molecule has 7 heteroatoms. The van der Waals surface area contributed by atoms with Gasteiger partial charge in [0.15, 0.2) is 5.96 Å². The molecule has 0 radical (unpaired) electrons. The highest BCUT2D eigenvalue weighted by Crippen LogP contribution is 2.21. The van der Waals surface area contributed by atoms with Crippen molar-refractivity contribution in [1.82, 2.24) is 15.5 Å². The molecular weight excluding hydrogens is 455 g/mol. The topological polar surface area (TPSA) is 66.0 Å². The fraction of sp³-hybridized carbons (Fsp3) is 0.800. The Kier molecular flexibility index (Phi) is 10.5. The molecular formula is C20H37IN4O2. The van der Waals surface area contributed by atoms with Crippen molar-refractivity contribution >= 4 is 36.0 Å². The standard InChI is InChI=1S/C20H36N4O2.HI/c1-5-21-18(23-17-10-6-7-11-17)22-13-12-16-9-8-14-24(15-16)19(25)26-20(2,3)4;/h6-7,16-17H,5,8-15H2,1-4H3,(H2,21,22,23);1H. The van der Waals surface area contributed by atoms with Crippen LogP contribution in [0.1, 0.15) is 59.8 Å². The first-order valence-electron chi connectivity index (χ1n) is 10.0. The second-order valence-electron chi connectivity index (χ2n) is 8.27. The summed E-state index contributed by atoms with van der Waals surface area (Å²) in [7, 11) is 0. The van der Waals surface area contributed by atoms with E-state index in [1.54, 1.807) is 0 Å². The quantitative estimate of drug-likeness (QED) is 0.264. The van der Waals surface area contributed by atoms with E-state index in [2.05, 4.69) is 29.7 Å². The van der Waals surface area contributed by atoms with Crippen molar-refractivity contribution in [3.63, 3.8) is 0 Å². The number of hydrogen-bond donors (Lipinski definition) is 2. The first-order valence-corrected chi connectivity index (χ1v) is 10.0. The van der Waals surface area contributed by atoms with Crippen LogP contribution in [0.4, 0.5) is 4.79 Å². The number of hydrogen-bond acceptors (Lipinski definition) is 3. The summed E-state index contributed by atoms with van der Waals surface area (Å²) in [5.41, 5.74) is -0.435. The molecule has 0 aromatic rings. The fourth-order valence-electron chi connectivity index (χ4n) is 3.40. The molecule has 1 aliphatic carbocycles. The van der Waals surface area contributed by atoms with Gasteiger partial charge in [0.05, 0.1) is 0 Å². The Labute approximate surface area is 181 Å². The number of guanidine groups is 1. The third-order valence-corrected chi connectivity index (χ3v) is 4.67. The molecule has 2 rings (SSSR count). The van der Waals surface area contributed by atoms with Gasteiger partial charge in [-0.25, -0.2) is 4.79 Å². The zero-order valence-corrected chi connectivity index (χ0v) is 19.6. The molecule has 1 aliphatic heterocycles. The molecule has 1 unspecified atom stereocenters. The number of nitrogens with one attached hydrogen (secondary N) is 2. The Morgan fingerprint density at radius 3 is 2.63 bits per heavy atom. The van der Waals surface area contributed by atoms with Crippen molar-refractivity contribution in [2.24, 2.45) is 10.9 Å². The Bertz CT molecular complexity index is 509. The number of carbonyl (C=O) groups excluding carboxylic acids is 1. The van der Waals surface area contributed by atoms with E-state index in [4.69, 9.17) is 9.73 Å². The number of ether oxygens (including phenoxy) is 1. The van der Waals surface area contributed by atoms with Crippen LogP contribution < -0.4 is 10.6 Å². The third kappa shape index (κ3) is 9.17. The van der Waals surface area contributed by atoms with Crippen LogP contribution in [0.3, 0.4) is 0 Å². The van der Waals surface area contributed by atoms with Crippen LogP contribution in [0.2, 0.25) is 0 Å². The first-order chi connectivity index (χ1) is 12.4. The molecule has 0 bridgehead atoms. The van der Waals surface area contributed by atoms with E-state index in [1.165, 1.54) is 0 Å². The number of aliphatic imine (C=N–C) groups is 1. The molecule has 156 valence electrons. The summed E-state index contributed by atoms with van der Waals surface area (Å²) in [6, 6.07) is 0.463. The van der Waals surface area contributed by atoms with Gasteiger partial charge in [-0.3, -0.25) is 4.99 Å². The van der Waals surface area contributed by atoms with E-state index in [1.807, 2.05) is 25.7 Å². The summed E-state index contributed by atoms with van der Waals surface area (Å²) in [4.78, 5) is 18.9. The molecule has 0 aromatic carbocycles. The highest BCUT2D eigenvalue weighted by atomic mass is 127. The summed E-state index contributed by atoms with van der Waals surface area (Å²) in [5, 5.41) is 6.83. The minimum absolute atomic E-state index is 0. The lowest BCUT2D eigenvalue weighted by Crippen LogP contribution is -2.43. The maximum absolute atomic E-state index is 12.3. The van der Waals surface area contributed by atoms with E-state index in [0.29, 0.717) is 12.0 Å². The average Bonchev–Trinajstić information content (AvgIpc) is 3.07. The van der Waals surface area contributed by atoms with Gasteiger partial charge < -0.3 is 20.3 Å². The molecule has 1 heterocycles. The first kappa shape index (κ1) is 24.0. The van der Waals surface area contributed by atoms with E-state index in [9.17, 15) is 4.79 Å². The van der Waals surface area contributed by atoms with Gasteiger partial charge in [0, 0.05) is 32.2 Å². The van der Waals surface area contributed by atoms with E-state index < -0.39 is 5.60 Å². The summed E-state index contributed by atoms with van der Waals surface area (Å²) < 4.78 is 5.51. The molecule has 1 fully saturated rings. The lowest BCUT2D eigenvalue weighted by Gasteiger charge is -2.34. The highest BCUT2D eigenvalue weighted by molar-refractivity contribution is 14.0. The van der Waals surface area contributed by atoms with Crippen LogP contribution in [0.15, 0.2) is 17.1 Å². The minimum Gasteiger partial charge on any atom is -0.444 e. The number of carbonyl (C=O) groups is 1. The highest BCUT2D eigenvalue weighted by Gasteiger charge is 2.27. The molecule has 2 aliphatic rings. The van der Waals surface area contributed by atoms with Crippen LogP contribution in [-0.2, 0) is 4.74 Å². The Morgan fingerprint density at radius 2 is 2.00 bits per heavy atom. The summed E-state index contributed by atoms with van der Waals surface area (Å²) in [5.74, 6) is 1.40. The lowest BCUT2D eigenvalue weighted by molar-refractivity contribution is 0.0163. The number of piperidine rings is 1. The SMILES string of the molecule is CCNC(=NCCC1CCCN(C(=O)OC(C)(C)C)C1)NC1CC=CC1.I. The molecule has 0 saturated carbocycles. The predicted octanol–water partition coefficient (Wildman–Crippen LogP) is 3.92. The molecule has 27 heavy (non-hydrogen) atoms. The molecule has 6 nitrogen and oxygen atoms in total. The Hall–Kier alpha value is -0.990. The van der Waals surface area contributed by atoms with Crippen molar-refractivity contribution in [3.8, 4) is 0 Å². The number of amides is 1. The predicted molar refractivity (Wildman–Crippen MR) is 122 cm³/mol. The maximum atomic E-state index is 12.3. The van der Waals surface area contributed by atoms with E-state index >= 15 is 0 Å². The Balaban J connectivity index is 0.00000364. The molecule has 0 spiro atoms. The second-order valence-corrected chi connectivity index (χ2v) is 8.27. The van der Waals surface area contributed by atoms with Crippen molar-refractivity contribution in [3.05, 3.63) is 12.2 Å². The largest absolute Gasteiger partial charge is 0.444 e. The van der Waals surface area contributed by atoms with Crippen molar-refractivity contribution in [1.29, 1.82) is 0 Å². The minimum atomic E-state index is -0.435. The zero-order valence-electron chi connectivity index (χ0n) is 17.3. The summed E-state index contributed by atoms with van der Waals surface area (Å²) >= 11 is 0. The van der Waals surface area contributed by atoms with Gasteiger partial charge in [-0.1, -0.05) is 12.2 Å². The lowest BCUT2D eigenvalue weighted by atomic mass is 9.95. The van der Waals surface area contributed by atoms with Gasteiger partial charge in [0.2, 0.25) is 0 Å². The monoisotopic (exact) mass is 492 g/mol. The molecule has 1 amide bonds. The number of rotatable bonds is 5. The van der Waals surface area contributed by atoms with Crippen LogP contribution in [0, 0.1) is 5.92 Å². The van der Waals surface area contributed by atoms with Crippen LogP contribution in [0.5, 0.6) is 0 Å². The van der Waals surface area contributed by atoms with Gasteiger partial charge in [-0.05, 0) is 65.7 Å². The molecule has 2 N–H and O–H groups in total. The van der Waals surface area contributed by atoms with Gasteiger partial charge >= 0.3 is 6.09 Å². The Morgan fingerprint density at radius 1 is 1.30 bits per heavy atom. The van der Waals surface area contributed by atoms with E-state index in [-0.39, 0.29) is 30.1 Å². The molecule has 1 atom stereocenters. The number of likely N-dealkylation sites (tertiary alicyclic amines) is 1. The zero-order chi connectivity index (χ0) is 19.0. The number of halogens is 1. The average molecular weight is 492 g/mol. The van der Waals surface area contributed by atoms with Crippen LogP contribution in [0.25, 0.3) is 0 Å². The van der Waals surface area contributed by atoms with Crippen molar-refractivity contribution in [2.75, 3.05) is 26.2 Å². The molecule has 1 saturated heterocycles. The molecule has 0 aromatic heterocycles. The fourth-order valence-corrected chi connectivity index (χ4v) is 3.40. The van der Waals surface area contributed by atoms with Crippen molar-refractivity contribution < 1.29 is 9.53 Å². The second kappa shape index (κ2) is 11.8. The smallest absolute Gasteiger partial charge is 0.410 e. The van der Waals surface area contributed by atoms with Crippen LogP contribution in [-0.4, -0.2) is 54.8 Å². The summed E-state index contributed by atoms with van der Waals surface area (Å²) in [6.45, 7) is 11.0. The van der Waals surface area contributed by atoms with Gasteiger partial charge in [0.1, 0.15) is 5.60 Å². The number of nitrogens with zero attached hydrogens (tertiary/aromatic N) is 2. The van der Waals surface area contributed by atoms with Crippen LogP contribution >= 0.6 is 24.0 Å². The normalized spacial score (nSPS) is 21.0. The third-order valence-electron chi connectivity index (χ3n) is 4.67. The maximum Gasteiger partial charge on any atom is 0.410 e. The summed E-state index contributed by atoms with van der Waals surface area (Å²) in [6.07, 6.45) is 9.58. The van der Waals surface area contributed by atoms with Gasteiger partial charge in [-0.2, -0.15) is 0 Å². The van der Waals surface area contributed by atoms with Gasteiger partial charge in [-0.15, -0.1) is 24.0 Å². The van der Waals surface area contributed by atoms with E-state index in [0.717, 1.165) is 64.2 Å².